The van der Waals surface area contributed by atoms with Crippen molar-refractivity contribution < 1.29 is 30.8 Å². The lowest BCUT2D eigenvalue weighted by Gasteiger charge is -2.48. The van der Waals surface area contributed by atoms with Gasteiger partial charge in [0.2, 0.25) is 5.50 Å². The van der Waals surface area contributed by atoms with Crippen LogP contribution in [0.5, 0.6) is 0 Å². The molecule has 2 aromatic rings. The number of hydrogen-bond donors (Lipinski definition) is 2. The molecule has 2 atom stereocenters. The van der Waals surface area contributed by atoms with Crippen molar-refractivity contribution in [1.29, 1.82) is 0 Å². The second kappa shape index (κ2) is 7.75. The first-order valence-corrected chi connectivity index (χ1v) is 11.4. The number of anilines is 1. The molecule has 8 nitrogen and oxygen atoms in total. The number of alkyl halides is 3. The van der Waals surface area contributed by atoms with Gasteiger partial charge < -0.3 is 11.1 Å². The van der Waals surface area contributed by atoms with Crippen LogP contribution in [0.3, 0.4) is 0 Å². The number of aromatic nitrogens is 2. The fourth-order valence-corrected chi connectivity index (χ4v) is 6.40. The fraction of sp³-hybridized carbons (Fsp3) is 0.400. The molecule has 33 heavy (non-hydrogen) atoms. The van der Waals surface area contributed by atoms with Crippen molar-refractivity contribution in [3.8, 4) is 0 Å². The van der Waals surface area contributed by atoms with Crippen LogP contribution in [0, 0.1) is 5.82 Å². The third kappa shape index (κ3) is 3.45. The van der Waals surface area contributed by atoms with Crippen LogP contribution in [0.25, 0.3) is 0 Å². The Hall–Kier alpha value is -3.09. The van der Waals surface area contributed by atoms with E-state index in [4.69, 9.17) is 5.73 Å². The number of amides is 1. The molecular formula is C20H19F4N5O3S. The molecule has 2 heterocycles. The summed E-state index contributed by atoms with van der Waals surface area (Å²) in [6.45, 7) is 1.12. The highest BCUT2D eigenvalue weighted by atomic mass is 32.2. The van der Waals surface area contributed by atoms with E-state index in [9.17, 15) is 26.4 Å². The minimum Gasteiger partial charge on any atom is -0.386 e. The van der Waals surface area contributed by atoms with Crippen LogP contribution < -0.4 is 11.1 Å². The SMILES string of the molecule is C[C@]1(c2cc(NC(=O)c3cnc(C(F)F)cn3)ccc2F)N=C(N)C2(CCC2)S(=O)(=O)C1F. The zero-order valence-electron chi connectivity index (χ0n) is 17.2. The van der Waals surface area contributed by atoms with Gasteiger partial charge in [-0.3, -0.25) is 14.8 Å². The average Bonchev–Trinajstić information content (AvgIpc) is 2.72. The number of carbonyl (C=O) groups excluding carboxylic acids is 1. The van der Waals surface area contributed by atoms with E-state index >= 15 is 4.39 Å². The van der Waals surface area contributed by atoms with Gasteiger partial charge in [0.15, 0.2) is 9.84 Å². The first-order chi connectivity index (χ1) is 15.4. The Labute approximate surface area is 186 Å². The van der Waals surface area contributed by atoms with Crippen LogP contribution in [-0.4, -0.2) is 40.4 Å². The summed E-state index contributed by atoms with van der Waals surface area (Å²) < 4.78 is 79.7. The second-order valence-corrected chi connectivity index (χ2v) is 10.4. The Bertz CT molecular complexity index is 1250. The molecule has 1 aliphatic heterocycles. The van der Waals surface area contributed by atoms with Gasteiger partial charge in [-0.05, 0) is 44.4 Å². The van der Waals surface area contributed by atoms with E-state index in [1.165, 1.54) is 0 Å². The first kappa shape index (κ1) is 23.1. The number of nitrogens with two attached hydrogens (primary N) is 1. The largest absolute Gasteiger partial charge is 0.386 e. The summed E-state index contributed by atoms with van der Waals surface area (Å²) in [5.41, 5.74) is -0.167. The van der Waals surface area contributed by atoms with Gasteiger partial charge in [0.05, 0.1) is 12.4 Å². The van der Waals surface area contributed by atoms with Crippen molar-refractivity contribution in [2.45, 2.75) is 48.4 Å². The summed E-state index contributed by atoms with van der Waals surface area (Å²) in [7, 11) is -4.43. The van der Waals surface area contributed by atoms with E-state index in [-0.39, 0.29) is 30.1 Å². The summed E-state index contributed by atoms with van der Waals surface area (Å²) in [6.07, 6.45) is -0.434. The van der Waals surface area contributed by atoms with Crippen molar-refractivity contribution >= 4 is 27.3 Å². The van der Waals surface area contributed by atoms with Crippen molar-refractivity contribution in [3.05, 3.63) is 53.4 Å². The third-order valence-electron chi connectivity index (χ3n) is 6.14. The van der Waals surface area contributed by atoms with Gasteiger partial charge in [-0.15, -0.1) is 0 Å². The summed E-state index contributed by atoms with van der Waals surface area (Å²) >= 11 is 0. The Morgan fingerprint density at radius 2 is 1.94 bits per heavy atom. The van der Waals surface area contributed by atoms with E-state index in [2.05, 4.69) is 20.3 Å². The topological polar surface area (TPSA) is 127 Å². The number of aliphatic imine (C=N–C) groups is 1. The van der Waals surface area contributed by atoms with E-state index in [0.717, 1.165) is 37.5 Å². The maximum atomic E-state index is 15.4. The molecule has 1 fully saturated rings. The monoisotopic (exact) mass is 485 g/mol. The van der Waals surface area contributed by atoms with E-state index in [1.807, 2.05) is 0 Å². The van der Waals surface area contributed by atoms with Crippen molar-refractivity contribution in [1.82, 2.24) is 9.97 Å². The van der Waals surface area contributed by atoms with E-state index in [0.29, 0.717) is 6.42 Å². The van der Waals surface area contributed by atoms with Gasteiger partial charge in [-0.1, -0.05) is 0 Å². The molecule has 176 valence electrons. The lowest BCUT2D eigenvalue weighted by atomic mass is 9.82. The normalized spacial score (nSPS) is 25.4. The first-order valence-electron chi connectivity index (χ1n) is 9.87. The van der Waals surface area contributed by atoms with Gasteiger partial charge in [0.25, 0.3) is 12.3 Å². The highest BCUT2D eigenvalue weighted by molar-refractivity contribution is 7.94. The minimum absolute atomic E-state index is 0.0281. The number of benzene rings is 1. The highest BCUT2D eigenvalue weighted by Crippen LogP contribution is 2.51. The predicted molar refractivity (Wildman–Crippen MR) is 111 cm³/mol. The van der Waals surface area contributed by atoms with Gasteiger partial charge >= 0.3 is 0 Å². The number of hydrogen-bond acceptors (Lipinski definition) is 7. The smallest absolute Gasteiger partial charge is 0.281 e. The third-order valence-corrected chi connectivity index (χ3v) is 8.85. The number of nitrogens with one attached hydrogen (secondary N) is 1. The summed E-state index contributed by atoms with van der Waals surface area (Å²) in [6, 6.07) is 3.12. The molecule has 1 unspecified atom stereocenters. The molecule has 2 aliphatic rings. The van der Waals surface area contributed by atoms with Crippen LogP contribution in [0.4, 0.5) is 23.2 Å². The predicted octanol–water partition coefficient (Wildman–Crippen LogP) is 3.02. The lowest BCUT2D eigenvalue weighted by Crippen LogP contribution is -2.64. The zero-order chi connectivity index (χ0) is 24.2. The number of sulfone groups is 1. The number of carbonyl (C=O) groups is 1. The van der Waals surface area contributed by atoms with Gasteiger partial charge in [-0.2, -0.15) is 0 Å². The molecule has 4 rings (SSSR count). The maximum absolute atomic E-state index is 15.4. The molecule has 0 bridgehead atoms. The molecule has 1 aromatic heterocycles. The molecule has 1 spiro atoms. The Morgan fingerprint density at radius 3 is 2.48 bits per heavy atom. The molecule has 1 amide bonds. The van der Waals surface area contributed by atoms with Crippen LogP contribution in [0.1, 0.15) is 54.4 Å². The molecular weight excluding hydrogens is 466 g/mol. The number of halogens is 4. The fourth-order valence-electron chi connectivity index (χ4n) is 4.02. The quantitative estimate of drug-likeness (QED) is 0.641. The summed E-state index contributed by atoms with van der Waals surface area (Å²) in [5, 5.41) is 2.37. The molecule has 3 N–H and O–H groups in total. The number of amidine groups is 1. The van der Waals surface area contributed by atoms with Crippen LogP contribution in [0.2, 0.25) is 0 Å². The van der Waals surface area contributed by atoms with E-state index < -0.39 is 55.0 Å². The van der Waals surface area contributed by atoms with Gasteiger partial charge in [0, 0.05) is 11.3 Å². The molecule has 13 heteroatoms. The molecule has 1 aliphatic carbocycles. The molecule has 1 saturated carbocycles. The average molecular weight is 485 g/mol. The Balaban J connectivity index is 1.68. The summed E-state index contributed by atoms with van der Waals surface area (Å²) in [4.78, 5) is 23.5. The van der Waals surface area contributed by atoms with Crippen molar-refractivity contribution in [2.24, 2.45) is 10.7 Å². The Morgan fingerprint density at radius 1 is 1.24 bits per heavy atom. The Kier molecular flexibility index (Phi) is 5.42. The second-order valence-electron chi connectivity index (χ2n) is 8.13. The van der Waals surface area contributed by atoms with Crippen LogP contribution in [-0.2, 0) is 15.4 Å². The summed E-state index contributed by atoms with van der Waals surface area (Å²) in [5.74, 6) is -2.07. The highest BCUT2D eigenvalue weighted by Gasteiger charge is 2.64. The van der Waals surface area contributed by atoms with E-state index in [1.54, 1.807) is 0 Å². The van der Waals surface area contributed by atoms with Crippen molar-refractivity contribution in [2.75, 3.05) is 5.32 Å². The van der Waals surface area contributed by atoms with Crippen molar-refractivity contribution in [3.63, 3.8) is 0 Å². The molecule has 0 radical (unpaired) electrons. The minimum atomic E-state index is -4.43. The lowest BCUT2D eigenvalue weighted by molar-refractivity contribution is 0.102. The molecule has 1 aromatic carbocycles. The standard InChI is InChI=1S/C20H19F4N5O3S/c1-19(17(24)33(31,32)20(5-2-6-20)18(25)29-19)11-7-10(3-4-12(11)21)28-16(30)14-9-26-13(8-27-14)15(22)23/h3-4,7-9,15,17H,2,5-6H2,1H3,(H2,25,29)(H,28,30)/t17?,19-/m1/s1. The number of nitrogens with zero attached hydrogens (tertiary/aromatic N) is 3. The van der Waals surface area contributed by atoms with Crippen LogP contribution >= 0.6 is 0 Å². The maximum Gasteiger partial charge on any atom is 0.281 e. The molecule has 0 saturated heterocycles. The van der Waals surface area contributed by atoms with Gasteiger partial charge in [-0.25, -0.2) is 31.0 Å². The number of rotatable bonds is 4. The zero-order valence-corrected chi connectivity index (χ0v) is 18.0. The van der Waals surface area contributed by atoms with Gasteiger partial charge in [0.1, 0.15) is 33.3 Å². The van der Waals surface area contributed by atoms with Crippen LogP contribution in [0.15, 0.2) is 35.6 Å².